The molecule has 1 aromatic heterocycles. The molecule has 1 amide bonds. The Bertz CT molecular complexity index is 858. The number of hydrogen-bond donors (Lipinski definition) is 2. The van der Waals surface area contributed by atoms with Gasteiger partial charge in [-0.2, -0.15) is 0 Å². The SMILES string of the molecule is C/C=C\c1ccc2n(c1=O)C[C@H]1[C@H](CO)[C@@H](C(=O)NCC)[C@@H]2N1CC1CCOCC1. The number of fused-ring (bicyclic) bond motifs is 4. The van der Waals surface area contributed by atoms with Gasteiger partial charge in [0, 0.05) is 62.7 Å². The second-order valence-electron chi connectivity index (χ2n) is 8.66. The fourth-order valence-electron chi connectivity index (χ4n) is 5.62. The van der Waals surface area contributed by atoms with Gasteiger partial charge < -0.3 is 19.7 Å². The Kier molecular flexibility index (Phi) is 6.41. The van der Waals surface area contributed by atoms with Crippen molar-refractivity contribution in [1.29, 1.82) is 0 Å². The number of aliphatic hydroxyl groups is 1. The molecule has 7 heteroatoms. The van der Waals surface area contributed by atoms with Crippen LogP contribution in [0.1, 0.15) is 44.0 Å². The van der Waals surface area contributed by atoms with Crippen LogP contribution in [0.25, 0.3) is 6.08 Å². The molecule has 7 nitrogen and oxygen atoms in total. The number of aliphatic hydroxyl groups excluding tert-OH is 1. The van der Waals surface area contributed by atoms with Gasteiger partial charge in [0.15, 0.2) is 0 Å². The average molecular weight is 416 g/mol. The predicted octanol–water partition coefficient (Wildman–Crippen LogP) is 1.41. The third-order valence-electron chi connectivity index (χ3n) is 7.01. The van der Waals surface area contributed by atoms with Crippen LogP contribution in [-0.4, -0.2) is 59.4 Å². The van der Waals surface area contributed by atoms with Crippen molar-refractivity contribution in [2.45, 2.75) is 45.3 Å². The number of rotatable bonds is 6. The van der Waals surface area contributed by atoms with Crippen molar-refractivity contribution in [2.75, 3.05) is 32.9 Å². The first-order chi connectivity index (χ1) is 14.6. The quantitative estimate of drug-likeness (QED) is 0.734. The van der Waals surface area contributed by atoms with Crippen molar-refractivity contribution in [3.05, 3.63) is 39.8 Å². The molecular formula is C23H33N3O4. The molecule has 0 radical (unpaired) electrons. The van der Waals surface area contributed by atoms with Crippen LogP contribution < -0.4 is 10.9 Å². The highest BCUT2D eigenvalue weighted by Crippen LogP contribution is 2.48. The third kappa shape index (κ3) is 3.63. The van der Waals surface area contributed by atoms with E-state index < -0.39 is 0 Å². The van der Waals surface area contributed by atoms with Gasteiger partial charge in [0.05, 0.1) is 12.0 Å². The van der Waals surface area contributed by atoms with E-state index in [1.54, 1.807) is 0 Å². The number of aromatic nitrogens is 1. The van der Waals surface area contributed by atoms with Crippen molar-refractivity contribution < 1.29 is 14.6 Å². The van der Waals surface area contributed by atoms with E-state index >= 15 is 0 Å². The smallest absolute Gasteiger partial charge is 0.258 e. The lowest BCUT2D eigenvalue weighted by atomic mass is 9.86. The number of pyridine rings is 1. The summed E-state index contributed by atoms with van der Waals surface area (Å²) < 4.78 is 7.37. The molecule has 0 unspecified atom stereocenters. The zero-order valence-electron chi connectivity index (χ0n) is 17.9. The van der Waals surface area contributed by atoms with E-state index in [2.05, 4.69) is 10.2 Å². The third-order valence-corrected chi connectivity index (χ3v) is 7.01. The number of amides is 1. The minimum absolute atomic E-state index is 0.0143. The zero-order chi connectivity index (χ0) is 21.3. The largest absolute Gasteiger partial charge is 0.396 e. The Morgan fingerprint density at radius 3 is 2.77 bits per heavy atom. The van der Waals surface area contributed by atoms with Crippen LogP contribution in [0, 0.1) is 17.8 Å². The topological polar surface area (TPSA) is 83.8 Å². The summed E-state index contributed by atoms with van der Waals surface area (Å²) in [5.74, 6) is -0.0672. The lowest BCUT2D eigenvalue weighted by Gasteiger charge is -2.40. The number of nitrogens with zero attached hydrogens (tertiary/aromatic N) is 2. The highest BCUT2D eigenvalue weighted by Gasteiger charge is 2.55. The molecule has 4 heterocycles. The van der Waals surface area contributed by atoms with Crippen molar-refractivity contribution in [3.63, 3.8) is 0 Å². The summed E-state index contributed by atoms with van der Waals surface area (Å²) in [6.45, 7) is 7.25. The first-order valence-corrected chi connectivity index (χ1v) is 11.2. The molecule has 2 fully saturated rings. The molecule has 164 valence electrons. The minimum atomic E-state index is -0.361. The van der Waals surface area contributed by atoms with Gasteiger partial charge in [-0.3, -0.25) is 14.5 Å². The molecule has 30 heavy (non-hydrogen) atoms. The van der Waals surface area contributed by atoms with Gasteiger partial charge in [-0.1, -0.05) is 12.2 Å². The van der Waals surface area contributed by atoms with E-state index in [0.29, 0.717) is 24.6 Å². The second kappa shape index (κ2) is 9.04. The van der Waals surface area contributed by atoms with Crippen molar-refractivity contribution in [2.24, 2.45) is 17.8 Å². The van der Waals surface area contributed by atoms with E-state index in [-0.39, 0.29) is 42.0 Å². The predicted molar refractivity (Wildman–Crippen MR) is 115 cm³/mol. The maximum atomic E-state index is 13.1. The summed E-state index contributed by atoms with van der Waals surface area (Å²) in [5, 5.41) is 13.3. The summed E-state index contributed by atoms with van der Waals surface area (Å²) in [7, 11) is 0. The van der Waals surface area contributed by atoms with Gasteiger partial charge in [0.2, 0.25) is 5.91 Å². The van der Waals surface area contributed by atoms with Crippen LogP contribution in [0.5, 0.6) is 0 Å². The molecule has 4 atom stereocenters. The lowest BCUT2D eigenvalue weighted by molar-refractivity contribution is -0.127. The maximum absolute atomic E-state index is 13.1. The second-order valence-corrected chi connectivity index (χ2v) is 8.66. The normalized spacial score (nSPS) is 29.3. The summed E-state index contributed by atoms with van der Waals surface area (Å²) in [5.41, 5.74) is 1.54. The monoisotopic (exact) mass is 415 g/mol. The van der Waals surface area contributed by atoms with Crippen LogP contribution in [0.3, 0.4) is 0 Å². The molecule has 2 N–H and O–H groups in total. The molecule has 3 aliphatic heterocycles. The number of ether oxygens (including phenoxy) is 1. The van der Waals surface area contributed by atoms with E-state index in [9.17, 15) is 14.7 Å². The Morgan fingerprint density at radius 1 is 1.33 bits per heavy atom. The highest BCUT2D eigenvalue weighted by atomic mass is 16.5. The summed E-state index contributed by atoms with van der Waals surface area (Å²) in [6, 6.07) is 3.65. The molecule has 0 spiro atoms. The number of carbonyl (C=O) groups excluding carboxylic acids is 1. The van der Waals surface area contributed by atoms with E-state index in [1.807, 2.05) is 42.7 Å². The number of nitrogens with one attached hydrogen (secondary N) is 1. The molecular weight excluding hydrogens is 382 g/mol. The molecule has 0 aliphatic carbocycles. The molecule has 4 rings (SSSR count). The van der Waals surface area contributed by atoms with Crippen LogP contribution in [-0.2, 0) is 16.1 Å². The summed E-state index contributed by atoms with van der Waals surface area (Å²) >= 11 is 0. The minimum Gasteiger partial charge on any atom is -0.396 e. The van der Waals surface area contributed by atoms with Crippen molar-refractivity contribution in [1.82, 2.24) is 14.8 Å². The van der Waals surface area contributed by atoms with Gasteiger partial charge in [0.1, 0.15) is 0 Å². The fourth-order valence-corrected chi connectivity index (χ4v) is 5.62. The maximum Gasteiger partial charge on any atom is 0.258 e. The first kappa shape index (κ1) is 21.3. The summed E-state index contributed by atoms with van der Waals surface area (Å²) in [6.07, 6.45) is 5.72. The molecule has 3 aliphatic rings. The Hall–Kier alpha value is -1.96. The highest BCUT2D eigenvalue weighted by molar-refractivity contribution is 5.80. The van der Waals surface area contributed by atoms with Crippen LogP contribution in [0.2, 0.25) is 0 Å². The Balaban J connectivity index is 1.77. The first-order valence-electron chi connectivity index (χ1n) is 11.2. The van der Waals surface area contributed by atoms with Crippen LogP contribution in [0.4, 0.5) is 0 Å². The van der Waals surface area contributed by atoms with Gasteiger partial charge in [-0.25, -0.2) is 0 Å². The van der Waals surface area contributed by atoms with E-state index in [4.69, 9.17) is 4.74 Å². The molecule has 2 saturated heterocycles. The fraction of sp³-hybridized carbons (Fsp3) is 0.652. The number of carbonyl (C=O) groups is 1. The number of allylic oxidation sites excluding steroid dienone is 1. The van der Waals surface area contributed by atoms with Gasteiger partial charge in [0.25, 0.3) is 5.56 Å². The van der Waals surface area contributed by atoms with E-state index in [0.717, 1.165) is 38.3 Å². The van der Waals surface area contributed by atoms with Crippen LogP contribution in [0.15, 0.2) is 23.0 Å². The number of hydrogen-bond acceptors (Lipinski definition) is 5. The average Bonchev–Trinajstić information content (AvgIpc) is 2.95. The molecule has 0 aromatic carbocycles. The molecule has 0 saturated carbocycles. The zero-order valence-corrected chi connectivity index (χ0v) is 17.9. The summed E-state index contributed by atoms with van der Waals surface area (Å²) in [4.78, 5) is 28.6. The van der Waals surface area contributed by atoms with E-state index in [1.165, 1.54) is 0 Å². The van der Waals surface area contributed by atoms with Gasteiger partial charge in [-0.15, -0.1) is 0 Å². The van der Waals surface area contributed by atoms with Crippen molar-refractivity contribution >= 4 is 12.0 Å². The standard InChI is InChI=1S/C23H33N3O4/c1-3-5-16-6-7-18-21-20(22(28)24-4-2)17(14-27)19(13-26(18)23(16)29)25(21)12-15-8-10-30-11-9-15/h3,5-7,15,17,19-21,27H,4,8-14H2,1-2H3,(H,24,28)/b5-3-/t17-,19-,20+,21+/m0/s1. The van der Waals surface area contributed by atoms with Crippen molar-refractivity contribution in [3.8, 4) is 0 Å². The Morgan fingerprint density at radius 2 is 2.10 bits per heavy atom. The van der Waals surface area contributed by atoms with Gasteiger partial charge >= 0.3 is 0 Å². The molecule has 2 bridgehead atoms. The Labute approximate surface area is 177 Å². The van der Waals surface area contributed by atoms with Gasteiger partial charge in [-0.05, 0) is 44.7 Å². The van der Waals surface area contributed by atoms with Crippen LogP contribution >= 0.6 is 0 Å². The molecule has 1 aromatic rings. The lowest BCUT2D eigenvalue weighted by Crippen LogP contribution is -2.48.